The van der Waals surface area contributed by atoms with Crippen molar-refractivity contribution in [3.63, 3.8) is 0 Å². The van der Waals surface area contributed by atoms with Crippen LogP contribution in [0.2, 0.25) is 0 Å². The number of carboxylic acids is 1. The summed E-state index contributed by atoms with van der Waals surface area (Å²) in [5.74, 6) is -1.74. The summed E-state index contributed by atoms with van der Waals surface area (Å²) >= 11 is 0. The molecule has 0 bridgehead atoms. The third kappa shape index (κ3) is 4.15. The first-order chi connectivity index (χ1) is 8.20. The molecule has 1 rings (SSSR count). The number of amides is 2. The summed E-state index contributed by atoms with van der Waals surface area (Å²) < 4.78 is 21.3. The molecule has 18 heavy (non-hydrogen) atoms. The molecule has 0 aromatic rings. The number of nitrogens with one attached hydrogen (secondary N) is 1. The van der Waals surface area contributed by atoms with Gasteiger partial charge in [0.25, 0.3) is 0 Å². The second kappa shape index (κ2) is 5.53. The van der Waals surface area contributed by atoms with E-state index in [1.54, 1.807) is 6.92 Å². The van der Waals surface area contributed by atoms with Crippen LogP contribution in [0.15, 0.2) is 0 Å². The highest BCUT2D eigenvalue weighted by atomic mass is 32.2. The summed E-state index contributed by atoms with van der Waals surface area (Å²) in [6.07, 6.45) is 0. The Balaban J connectivity index is 2.25. The van der Waals surface area contributed by atoms with Gasteiger partial charge in [0.1, 0.15) is 0 Å². The van der Waals surface area contributed by atoms with Crippen LogP contribution < -0.4 is 10.5 Å². The molecule has 1 unspecified atom stereocenters. The SMILES string of the molecule is CC(C(=O)O)C1CN(C(=O)NCCS(N)(=O)=O)C1. The molecule has 1 aliphatic rings. The van der Waals surface area contributed by atoms with E-state index in [0.29, 0.717) is 13.1 Å². The largest absolute Gasteiger partial charge is 0.481 e. The fourth-order valence-corrected chi connectivity index (χ4v) is 1.99. The molecule has 4 N–H and O–H groups in total. The van der Waals surface area contributed by atoms with Crippen molar-refractivity contribution in [2.45, 2.75) is 6.92 Å². The summed E-state index contributed by atoms with van der Waals surface area (Å²) in [6, 6.07) is -0.396. The minimum absolute atomic E-state index is 0.0483. The van der Waals surface area contributed by atoms with Crippen molar-refractivity contribution >= 4 is 22.0 Å². The van der Waals surface area contributed by atoms with Gasteiger partial charge < -0.3 is 15.3 Å². The number of carboxylic acid groups (broad SMARTS) is 1. The maximum Gasteiger partial charge on any atom is 0.317 e. The zero-order chi connectivity index (χ0) is 13.9. The summed E-state index contributed by atoms with van der Waals surface area (Å²) in [5.41, 5.74) is 0. The lowest BCUT2D eigenvalue weighted by atomic mass is 9.87. The molecule has 1 atom stereocenters. The van der Waals surface area contributed by atoms with Crippen LogP contribution in [-0.4, -0.2) is 55.8 Å². The Labute approximate surface area is 105 Å². The quantitative estimate of drug-likeness (QED) is 0.572. The number of hydrogen-bond acceptors (Lipinski definition) is 4. The predicted molar refractivity (Wildman–Crippen MR) is 63.2 cm³/mol. The van der Waals surface area contributed by atoms with Crippen molar-refractivity contribution in [3.8, 4) is 0 Å². The molecule has 1 heterocycles. The Morgan fingerprint density at radius 3 is 2.50 bits per heavy atom. The Morgan fingerprint density at radius 2 is 2.06 bits per heavy atom. The minimum atomic E-state index is -3.58. The van der Waals surface area contributed by atoms with Gasteiger partial charge in [-0.05, 0) is 0 Å². The molecular weight excluding hydrogens is 262 g/mol. The van der Waals surface area contributed by atoms with Gasteiger partial charge in [0, 0.05) is 25.6 Å². The summed E-state index contributed by atoms with van der Waals surface area (Å²) in [5, 5.41) is 16.0. The Morgan fingerprint density at radius 1 is 1.50 bits per heavy atom. The van der Waals surface area contributed by atoms with E-state index in [1.807, 2.05) is 0 Å². The van der Waals surface area contributed by atoms with Gasteiger partial charge in [0.15, 0.2) is 0 Å². The fraction of sp³-hybridized carbons (Fsp3) is 0.778. The molecule has 1 saturated heterocycles. The van der Waals surface area contributed by atoms with Crippen LogP contribution in [0, 0.1) is 11.8 Å². The predicted octanol–water partition coefficient (Wildman–Crippen LogP) is -1.36. The molecule has 8 nitrogen and oxygen atoms in total. The Bertz CT molecular complexity index is 429. The lowest BCUT2D eigenvalue weighted by molar-refractivity contribution is -0.144. The van der Waals surface area contributed by atoms with Crippen LogP contribution in [0.25, 0.3) is 0 Å². The highest BCUT2D eigenvalue weighted by Crippen LogP contribution is 2.23. The van der Waals surface area contributed by atoms with E-state index in [4.69, 9.17) is 10.2 Å². The van der Waals surface area contributed by atoms with Crippen LogP contribution in [0.5, 0.6) is 0 Å². The number of nitrogens with zero attached hydrogens (tertiary/aromatic N) is 1. The maximum absolute atomic E-state index is 11.5. The van der Waals surface area contributed by atoms with E-state index in [2.05, 4.69) is 5.32 Å². The zero-order valence-electron chi connectivity index (χ0n) is 10.00. The zero-order valence-corrected chi connectivity index (χ0v) is 10.8. The highest BCUT2D eigenvalue weighted by molar-refractivity contribution is 7.89. The van der Waals surface area contributed by atoms with Gasteiger partial charge in [-0.3, -0.25) is 4.79 Å². The molecule has 0 radical (unpaired) electrons. The standard InChI is InChI=1S/C9H17N3O5S/c1-6(8(13)14)7-4-12(5-7)9(15)11-2-3-18(10,16)17/h6-7H,2-5H2,1H3,(H,11,15)(H,13,14)(H2,10,16,17). The molecular formula is C9H17N3O5S. The van der Waals surface area contributed by atoms with Crippen LogP contribution in [0.3, 0.4) is 0 Å². The molecule has 0 aromatic heterocycles. The number of carbonyl (C=O) groups excluding carboxylic acids is 1. The Kier molecular flexibility index (Phi) is 4.52. The molecule has 104 valence electrons. The second-order valence-corrected chi connectivity index (χ2v) is 6.12. The van der Waals surface area contributed by atoms with Gasteiger partial charge in [0.05, 0.1) is 11.7 Å². The van der Waals surface area contributed by atoms with E-state index in [1.165, 1.54) is 4.90 Å². The monoisotopic (exact) mass is 279 g/mol. The molecule has 0 aromatic carbocycles. The molecule has 1 aliphatic heterocycles. The molecule has 0 aliphatic carbocycles. The van der Waals surface area contributed by atoms with Crippen molar-refractivity contribution in [3.05, 3.63) is 0 Å². The minimum Gasteiger partial charge on any atom is -0.481 e. The molecule has 2 amide bonds. The number of aliphatic carboxylic acids is 1. The number of carbonyl (C=O) groups is 2. The Hall–Kier alpha value is -1.35. The number of sulfonamides is 1. The van der Waals surface area contributed by atoms with Crippen molar-refractivity contribution in [2.24, 2.45) is 17.0 Å². The third-order valence-corrected chi connectivity index (χ3v) is 3.73. The second-order valence-electron chi connectivity index (χ2n) is 4.39. The number of nitrogens with two attached hydrogens (primary N) is 1. The average molecular weight is 279 g/mol. The van der Waals surface area contributed by atoms with Crippen molar-refractivity contribution in [2.75, 3.05) is 25.4 Å². The van der Waals surface area contributed by atoms with Crippen LogP contribution >= 0.6 is 0 Å². The van der Waals surface area contributed by atoms with Gasteiger partial charge in [-0.25, -0.2) is 18.4 Å². The fourth-order valence-electron chi connectivity index (χ4n) is 1.61. The number of rotatable bonds is 5. The van der Waals surface area contributed by atoms with Crippen molar-refractivity contribution in [1.82, 2.24) is 10.2 Å². The maximum atomic E-state index is 11.5. The van der Waals surface area contributed by atoms with Gasteiger partial charge >= 0.3 is 12.0 Å². The van der Waals surface area contributed by atoms with Crippen molar-refractivity contribution < 1.29 is 23.1 Å². The van der Waals surface area contributed by atoms with E-state index >= 15 is 0 Å². The smallest absolute Gasteiger partial charge is 0.317 e. The summed E-state index contributed by atoms with van der Waals surface area (Å²) in [6.45, 7) is 2.29. The normalized spacial score (nSPS) is 18.0. The van der Waals surface area contributed by atoms with Crippen LogP contribution in [0.1, 0.15) is 6.92 Å². The number of hydrogen-bond donors (Lipinski definition) is 3. The first kappa shape index (κ1) is 14.7. The third-order valence-electron chi connectivity index (χ3n) is 2.96. The van der Waals surface area contributed by atoms with E-state index < -0.39 is 27.9 Å². The van der Waals surface area contributed by atoms with Gasteiger partial charge in [0.2, 0.25) is 10.0 Å². The molecule has 0 saturated carbocycles. The average Bonchev–Trinajstić information content (AvgIpc) is 2.12. The van der Waals surface area contributed by atoms with Crippen molar-refractivity contribution in [1.29, 1.82) is 0 Å². The van der Waals surface area contributed by atoms with Gasteiger partial charge in [-0.1, -0.05) is 6.92 Å². The summed E-state index contributed by atoms with van der Waals surface area (Å²) in [4.78, 5) is 23.6. The van der Waals surface area contributed by atoms with E-state index in [9.17, 15) is 18.0 Å². The number of urea groups is 1. The van der Waals surface area contributed by atoms with E-state index in [0.717, 1.165) is 0 Å². The van der Waals surface area contributed by atoms with E-state index in [-0.39, 0.29) is 18.2 Å². The lowest BCUT2D eigenvalue weighted by Crippen LogP contribution is -2.56. The summed E-state index contributed by atoms with van der Waals surface area (Å²) in [7, 11) is -3.58. The molecule has 1 fully saturated rings. The number of likely N-dealkylation sites (tertiary alicyclic amines) is 1. The number of primary sulfonamides is 1. The first-order valence-electron chi connectivity index (χ1n) is 5.47. The first-order valence-corrected chi connectivity index (χ1v) is 7.18. The molecule has 9 heteroatoms. The lowest BCUT2D eigenvalue weighted by Gasteiger charge is -2.41. The van der Waals surface area contributed by atoms with Crippen LogP contribution in [-0.2, 0) is 14.8 Å². The van der Waals surface area contributed by atoms with Gasteiger partial charge in [-0.15, -0.1) is 0 Å². The molecule has 0 spiro atoms. The van der Waals surface area contributed by atoms with Gasteiger partial charge in [-0.2, -0.15) is 0 Å². The highest BCUT2D eigenvalue weighted by Gasteiger charge is 2.37. The van der Waals surface area contributed by atoms with Crippen LogP contribution in [0.4, 0.5) is 4.79 Å². The topological polar surface area (TPSA) is 130 Å².